The van der Waals surface area contributed by atoms with Crippen LogP contribution in [-0.2, 0) is 0 Å². The van der Waals surface area contributed by atoms with Crippen molar-refractivity contribution in [3.63, 3.8) is 0 Å². The predicted molar refractivity (Wildman–Crippen MR) is 103 cm³/mol. The quantitative estimate of drug-likeness (QED) is 0.432. The lowest BCUT2D eigenvalue weighted by molar-refractivity contribution is 0.0996. The van der Waals surface area contributed by atoms with Crippen molar-refractivity contribution in [2.75, 3.05) is 6.54 Å². The minimum Gasteiger partial charge on any atom is -0.504 e. The molecule has 3 rings (SSSR count). The number of hydrogen-bond acceptors (Lipinski definition) is 8. The van der Waals surface area contributed by atoms with Gasteiger partial charge in [-0.2, -0.15) is 10.1 Å². The van der Waals surface area contributed by atoms with Gasteiger partial charge in [0.25, 0.3) is 11.8 Å². The molecule has 0 aliphatic carbocycles. The summed E-state index contributed by atoms with van der Waals surface area (Å²) in [5, 5.41) is 15.1. The van der Waals surface area contributed by atoms with Crippen LogP contribution in [0.3, 0.4) is 0 Å². The molecule has 3 aromatic heterocycles. The number of amides is 1. The molecule has 0 fully saturated rings. The third kappa shape index (κ3) is 3.43. The minimum atomic E-state index is -0.664. The largest absolute Gasteiger partial charge is 0.504 e. The zero-order valence-corrected chi connectivity index (χ0v) is 15.8. The van der Waals surface area contributed by atoms with Crippen LogP contribution in [0.4, 0.5) is 0 Å². The summed E-state index contributed by atoms with van der Waals surface area (Å²) in [5.41, 5.74) is 12.8. The monoisotopic (exact) mass is 383 g/mol. The number of hydrogen-bond donors (Lipinski definition) is 3. The Morgan fingerprint density at radius 1 is 1.39 bits per heavy atom. The van der Waals surface area contributed by atoms with E-state index in [1.165, 1.54) is 10.9 Å². The van der Waals surface area contributed by atoms with E-state index in [2.05, 4.69) is 20.1 Å². The number of aliphatic hydroxyl groups excluding tert-OH is 1. The van der Waals surface area contributed by atoms with Gasteiger partial charge in [0.2, 0.25) is 0 Å². The van der Waals surface area contributed by atoms with E-state index in [1.807, 2.05) is 6.92 Å². The first-order valence-corrected chi connectivity index (χ1v) is 8.65. The van der Waals surface area contributed by atoms with Crippen LogP contribution >= 0.6 is 0 Å². The van der Waals surface area contributed by atoms with E-state index in [1.54, 1.807) is 26.1 Å². The summed E-state index contributed by atoms with van der Waals surface area (Å²) >= 11 is 0. The van der Waals surface area contributed by atoms with Gasteiger partial charge in [-0.05, 0) is 26.3 Å². The van der Waals surface area contributed by atoms with E-state index in [9.17, 15) is 9.90 Å². The molecule has 146 valence electrons. The van der Waals surface area contributed by atoms with Gasteiger partial charge >= 0.3 is 0 Å². The van der Waals surface area contributed by atoms with Crippen LogP contribution in [0.1, 0.15) is 42.3 Å². The minimum absolute atomic E-state index is 0.0788. The molecular formula is C18H21N7O3. The third-order valence-electron chi connectivity index (χ3n) is 3.94. The van der Waals surface area contributed by atoms with Crippen molar-refractivity contribution in [1.82, 2.24) is 19.7 Å². The number of pyridine rings is 1. The van der Waals surface area contributed by atoms with Crippen molar-refractivity contribution < 1.29 is 14.3 Å². The van der Waals surface area contributed by atoms with Gasteiger partial charge < -0.3 is 21.0 Å². The molecule has 0 spiro atoms. The molecule has 0 saturated heterocycles. The summed E-state index contributed by atoms with van der Waals surface area (Å²) in [6, 6.07) is 1.72. The van der Waals surface area contributed by atoms with E-state index >= 15 is 0 Å². The molecule has 0 aliphatic rings. The van der Waals surface area contributed by atoms with Gasteiger partial charge in [-0.15, -0.1) is 0 Å². The van der Waals surface area contributed by atoms with Crippen molar-refractivity contribution in [3.05, 3.63) is 47.3 Å². The SMILES string of the molecule is CCCN=C(/C(O)=C(/C)N)c1nc(-n2nc(C(N)=O)c3cc(C)ncc32)co1. The number of aryl methyl sites for hydroxylation is 1. The highest BCUT2D eigenvalue weighted by atomic mass is 16.3. The number of primary amides is 1. The molecule has 5 N–H and O–H groups in total. The number of aliphatic hydroxyl groups is 1. The fraction of sp³-hybridized carbons (Fsp3) is 0.278. The zero-order valence-electron chi connectivity index (χ0n) is 15.8. The molecule has 3 aromatic rings. The Hall–Kier alpha value is -3.69. The summed E-state index contributed by atoms with van der Waals surface area (Å²) in [7, 11) is 0. The summed E-state index contributed by atoms with van der Waals surface area (Å²) in [6.45, 7) is 5.77. The second kappa shape index (κ2) is 7.51. The first kappa shape index (κ1) is 19.1. The Kier molecular flexibility index (Phi) is 5.12. The van der Waals surface area contributed by atoms with Gasteiger partial charge in [-0.1, -0.05) is 6.92 Å². The first-order chi connectivity index (χ1) is 13.3. The molecule has 0 saturated carbocycles. The highest BCUT2D eigenvalue weighted by molar-refractivity contribution is 6.08. The molecule has 0 unspecified atom stereocenters. The number of aromatic nitrogens is 4. The molecule has 0 aliphatic heterocycles. The number of fused-ring (bicyclic) bond motifs is 1. The van der Waals surface area contributed by atoms with E-state index in [0.717, 1.165) is 12.1 Å². The smallest absolute Gasteiger partial charge is 0.269 e. The fourth-order valence-corrected chi connectivity index (χ4v) is 2.60. The molecule has 10 heteroatoms. The average Bonchev–Trinajstić information content (AvgIpc) is 3.26. The van der Waals surface area contributed by atoms with Crippen molar-refractivity contribution in [2.24, 2.45) is 16.5 Å². The molecule has 0 bridgehead atoms. The number of carbonyl (C=O) groups is 1. The van der Waals surface area contributed by atoms with Gasteiger partial charge in [-0.25, -0.2) is 4.68 Å². The number of rotatable bonds is 6. The standard InChI is InChI=1S/C18H21N7O3/c1-4-5-21-15(16(26)10(3)19)18-23-13(8-28-18)25-12-7-22-9(2)6-11(12)14(24-25)17(20)27/h6-8,26H,4-5,19H2,1-3H3,(H2,20,27)/b16-10+,21-15?. The summed E-state index contributed by atoms with van der Waals surface area (Å²) < 4.78 is 6.91. The van der Waals surface area contributed by atoms with Crippen LogP contribution in [0.25, 0.3) is 16.7 Å². The lowest BCUT2D eigenvalue weighted by Gasteiger charge is -2.03. The Labute approximate surface area is 160 Å². The molecule has 3 heterocycles. The van der Waals surface area contributed by atoms with Gasteiger partial charge in [-0.3, -0.25) is 14.8 Å². The zero-order chi connectivity index (χ0) is 20.4. The van der Waals surface area contributed by atoms with Crippen molar-refractivity contribution >= 4 is 22.5 Å². The summed E-state index contributed by atoms with van der Waals surface area (Å²) in [6.07, 6.45) is 3.68. The van der Waals surface area contributed by atoms with Gasteiger partial charge in [0, 0.05) is 23.3 Å². The van der Waals surface area contributed by atoms with E-state index < -0.39 is 5.91 Å². The highest BCUT2D eigenvalue weighted by Gasteiger charge is 2.21. The lowest BCUT2D eigenvalue weighted by atomic mass is 10.2. The number of nitrogens with two attached hydrogens (primary N) is 2. The number of oxazole rings is 1. The van der Waals surface area contributed by atoms with Crippen LogP contribution in [0, 0.1) is 6.92 Å². The Bertz CT molecular complexity index is 1100. The van der Waals surface area contributed by atoms with Crippen LogP contribution in [0.15, 0.2) is 39.4 Å². The number of carbonyl (C=O) groups excluding carboxylic acids is 1. The fourth-order valence-electron chi connectivity index (χ4n) is 2.60. The second-order valence-electron chi connectivity index (χ2n) is 6.24. The van der Waals surface area contributed by atoms with Gasteiger partial charge in [0.1, 0.15) is 6.26 Å². The number of nitrogens with zero attached hydrogens (tertiary/aromatic N) is 5. The molecular weight excluding hydrogens is 362 g/mol. The first-order valence-electron chi connectivity index (χ1n) is 8.65. The van der Waals surface area contributed by atoms with Crippen molar-refractivity contribution in [1.29, 1.82) is 0 Å². The molecule has 0 aromatic carbocycles. The van der Waals surface area contributed by atoms with Crippen molar-refractivity contribution in [2.45, 2.75) is 27.2 Å². The number of aliphatic imine (C=N–C) groups is 1. The average molecular weight is 383 g/mol. The Morgan fingerprint density at radius 3 is 2.79 bits per heavy atom. The summed E-state index contributed by atoms with van der Waals surface area (Å²) in [4.78, 5) is 24.7. The maximum atomic E-state index is 11.8. The molecule has 10 nitrogen and oxygen atoms in total. The molecule has 0 radical (unpaired) electrons. The van der Waals surface area contributed by atoms with Crippen LogP contribution in [-0.4, -0.2) is 43.0 Å². The topological polar surface area (TPSA) is 158 Å². The Balaban J connectivity index is 2.14. The van der Waals surface area contributed by atoms with Gasteiger partial charge in [0.15, 0.2) is 23.0 Å². The highest BCUT2D eigenvalue weighted by Crippen LogP contribution is 2.22. The molecule has 28 heavy (non-hydrogen) atoms. The Morgan fingerprint density at radius 2 is 2.14 bits per heavy atom. The van der Waals surface area contributed by atoms with Crippen LogP contribution in [0.5, 0.6) is 0 Å². The predicted octanol–water partition coefficient (Wildman–Crippen LogP) is 1.76. The lowest BCUT2D eigenvalue weighted by Crippen LogP contribution is -2.13. The molecule has 0 atom stereocenters. The van der Waals surface area contributed by atoms with Crippen molar-refractivity contribution in [3.8, 4) is 5.82 Å². The van der Waals surface area contributed by atoms with E-state index in [4.69, 9.17) is 15.9 Å². The number of allylic oxidation sites excluding steroid dienone is 2. The van der Waals surface area contributed by atoms with Crippen LogP contribution in [0.2, 0.25) is 0 Å². The van der Waals surface area contributed by atoms with E-state index in [-0.39, 0.29) is 34.6 Å². The van der Waals surface area contributed by atoms with Gasteiger partial charge in [0.05, 0.1) is 11.7 Å². The molecule has 1 amide bonds. The summed E-state index contributed by atoms with van der Waals surface area (Å²) in [5.74, 6) is -0.509. The van der Waals surface area contributed by atoms with Crippen LogP contribution < -0.4 is 11.5 Å². The second-order valence-corrected chi connectivity index (χ2v) is 6.24. The van der Waals surface area contributed by atoms with E-state index in [0.29, 0.717) is 17.4 Å². The third-order valence-corrected chi connectivity index (χ3v) is 3.94. The maximum Gasteiger partial charge on any atom is 0.269 e. The maximum absolute atomic E-state index is 11.8. The normalized spacial score (nSPS) is 13.0.